The van der Waals surface area contributed by atoms with Crippen molar-refractivity contribution in [1.82, 2.24) is 9.55 Å². The predicted molar refractivity (Wildman–Crippen MR) is 116 cm³/mol. The molecule has 1 spiro atoms. The lowest BCUT2D eigenvalue weighted by Gasteiger charge is -2.37. The third-order valence-electron chi connectivity index (χ3n) is 6.36. The van der Waals surface area contributed by atoms with Crippen molar-refractivity contribution in [1.29, 1.82) is 0 Å². The van der Waals surface area contributed by atoms with Crippen molar-refractivity contribution in [3.8, 4) is 0 Å². The van der Waals surface area contributed by atoms with Gasteiger partial charge in [-0.2, -0.15) is 4.40 Å². The van der Waals surface area contributed by atoms with E-state index in [0.29, 0.717) is 16.9 Å². The Labute approximate surface area is 168 Å². The minimum Gasteiger partial charge on any atom is -0.293 e. The Bertz CT molecular complexity index is 1050. The van der Waals surface area contributed by atoms with Crippen LogP contribution in [0.1, 0.15) is 82.3 Å². The van der Waals surface area contributed by atoms with Crippen LogP contribution in [0, 0.1) is 6.92 Å². The largest absolute Gasteiger partial charge is 0.293 e. The summed E-state index contributed by atoms with van der Waals surface area (Å²) >= 11 is 0. The van der Waals surface area contributed by atoms with Crippen LogP contribution in [0.2, 0.25) is 0 Å². The molecule has 2 atom stereocenters. The highest BCUT2D eigenvalue weighted by atomic mass is 32.2. The molecule has 1 aromatic carbocycles. The number of rotatable bonds is 5. The molecule has 1 saturated carbocycles. The second-order valence-electron chi connectivity index (χ2n) is 8.56. The van der Waals surface area contributed by atoms with Gasteiger partial charge in [-0.1, -0.05) is 19.8 Å². The number of aromatic nitrogens is 2. The molecule has 4 rings (SSSR count). The van der Waals surface area contributed by atoms with Crippen LogP contribution in [0.4, 0.5) is 0 Å². The average molecular weight is 400 g/mol. The first-order valence-electron chi connectivity index (χ1n) is 10.4. The molecule has 2 aliphatic rings. The Kier molecular flexibility index (Phi) is 5.02. The van der Waals surface area contributed by atoms with Gasteiger partial charge in [-0.05, 0) is 64.2 Å². The van der Waals surface area contributed by atoms with Crippen LogP contribution in [0.5, 0.6) is 0 Å². The maximum atomic E-state index is 13.4. The van der Waals surface area contributed by atoms with Gasteiger partial charge in [0.05, 0.1) is 16.6 Å². The topological polar surface area (TPSA) is 64.3 Å². The van der Waals surface area contributed by atoms with Crippen molar-refractivity contribution in [2.24, 2.45) is 4.40 Å². The van der Waals surface area contributed by atoms with Crippen molar-refractivity contribution in [2.45, 2.75) is 77.7 Å². The predicted octanol–water partition coefficient (Wildman–Crippen LogP) is 4.36. The first-order valence-corrected chi connectivity index (χ1v) is 11.7. The number of benzene rings is 1. The van der Waals surface area contributed by atoms with Crippen LogP contribution in [-0.2, 0) is 16.4 Å². The van der Waals surface area contributed by atoms with Gasteiger partial charge in [0, 0.05) is 22.8 Å². The van der Waals surface area contributed by atoms with Gasteiger partial charge < -0.3 is 0 Å². The minimum atomic E-state index is -1.24. The highest BCUT2D eigenvalue weighted by molar-refractivity contribution is 7.83. The van der Waals surface area contributed by atoms with Gasteiger partial charge in [0.1, 0.15) is 16.8 Å². The maximum absolute atomic E-state index is 13.4. The van der Waals surface area contributed by atoms with Crippen molar-refractivity contribution in [3.63, 3.8) is 0 Å². The molecule has 1 unspecified atom stereocenters. The summed E-state index contributed by atoms with van der Waals surface area (Å²) in [4.78, 5) is 18.4. The molecule has 5 nitrogen and oxygen atoms in total. The van der Waals surface area contributed by atoms with Gasteiger partial charge in [-0.25, -0.2) is 9.19 Å². The van der Waals surface area contributed by atoms with Crippen LogP contribution in [-0.4, -0.2) is 25.2 Å². The van der Waals surface area contributed by atoms with Gasteiger partial charge >= 0.3 is 0 Å². The fourth-order valence-electron chi connectivity index (χ4n) is 4.80. The Morgan fingerprint density at radius 1 is 1.39 bits per heavy atom. The second-order valence-corrected chi connectivity index (χ2v) is 9.80. The zero-order valence-corrected chi connectivity index (χ0v) is 18.1. The normalized spacial score (nSPS) is 21.7. The van der Waals surface area contributed by atoms with Gasteiger partial charge in [0.15, 0.2) is 0 Å². The van der Waals surface area contributed by atoms with Gasteiger partial charge in [-0.3, -0.25) is 9.36 Å². The van der Waals surface area contributed by atoms with E-state index in [0.717, 1.165) is 54.6 Å². The first-order chi connectivity index (χ1) is 13.4. The Morgan fingerprint density at radius 3 is 2.79 bits per heavy atom. The Morgan fingerprint density at radius 2 is 2.14 bits per heavy atom. The standard InChI is InChI=1S/C22H29N3O2S/c1-5-6-10-28(27)24-16(4)17-11-14(2)12-18-19(17)23-21-22(8-7-9-22)13-15(3)25(21)20(18)26/h11-12,15H,5-10,13H2,1-4H3/b24-16-/t15-,28?/m1/s1. The van der Waals surface area contributed by atoms with E-state index in [4.69, 9.17) is 4.98 Å². The summed E-state index contributed by atoms with van der Waals surface area (Å²) in [6.07, 6.45) is 6.34. The molecule has 28 heavy (non-hydrogen) atoms. The molecule has 1 fully saturated rings. The number of hydrogen-bond donors (Lipinski definition) is 0. The zero-order chi connectivity index (χ0) is 20.1. The molecule has 1 aliphatic heterocycles. The number of unbranched alkanes of at least 4 members (excludes halogenated alkanes) is 1. The Hall–Kier alpha value is -1.82. The van der Waals surface area contributed by atoms with Crippen LogP contribution >= 0.6 is 0 Å². The summed E-state index contributed by atoms with van der Waals surface area (Å²) in [5.41, 5.74) is 3.39. The van der Waals surface area contributed by atoms with Crippen molar-refractivity contribution < 1.29 is 4.21 Å². The quantitative estimate of drug-likeness (QED) is 0.702. The monoisotopic (exact) mass is 399 g/mol. The molecule has 150 valence electrons. The van der Waals surface area contributed by atoms with Gasteiger partial charge in [0.25, 0.3) is 5.56 Å². The van der Waals surface area contributed by atoms with Crippen molar-refractivity contribution >= 4 is 27.6 Å². The molecule has 2 heterocycles. The lowest BCUT2D eigenvalue weighted by molar-refractivity contribution is 0.230. The van der Waals surface area contributed by atoms with Crippen molar-refractivity contribution in [2.75, 3.05) is 5.75 Å². The van der Waals surface area contributed by atoms with E-state index in [9.17, 15) is 9.00 Å². The number of fused-ring (bicyclic) bond motifs is 3. The van der Waals surface area contributed by atoms with E-state index in [2.05, 4.69) is 18.2 Å². The third-order valence-corrected chi connectivity index (χ3v) is 7.48. The van der Waals surface area contributed by atoms with E-state index in [1.807, 2.05) is 30.5 Å². The van der Waals surface area contributed by atoms with E-state index in [1.54, 1.807) is 0 Å². The van der Waals surface area contributed by atoms with Crippen LogP contribution in [0.25, 0.3) is 10.9 Å². The summed E-state index contributed by atoms with van der Waals surface area (Å²) in [5, 5.41) is 0.649. The molecule has 0 N–H and O–H groups in total. The summed E-state index contributed by atoms with van der Waals surface area (Å²) in [5.74, 6) is 1.53. The summed E-state index contributed by atoms with van der Waals surface area (Å²) in [6.45, 7) is 8.08. The Balaban J connectivity index is 1.90. The average Bonchev–Trinajstić information content (AvgIpc) is 2.93. The van der Waals surface area contributed by atoms with Gasteiger partial charge in [-0.15, -0.1) is 0 Å². The van der Waals surface area contributed by atoms with E-state index in [1.165, 1.54) is 6.42 Å². The molecule has 2 aromatic rings. The molecular weight excluding hydrogens is 370 g/mol. The summed E-state index contributed by atoms with van der Waals surface area (Å²) in [7, 11) is -1.24. The summed E-state index contributed by atoms with van der Waals surface area (Å²) in [6, 6.07) is 4.15. The molecule has 0 radical (unpaired) electrons. The lowest BCUT2D eigenvalue weighted by Crippen LogP contribution is -2.34. The SMILES string of the molecule is CCCCS(=O)/N=C(/C)c1cc(C)cc2c(=O)n3c(nc12)C1(CCC1)C[C@H]3C. The van der Waals surface area contributed by atoms with Crippen LogP contribution in [0.15, 0.2) is 21.3 Å². The molecule has 0 amide bonds. The molecule has 1 aliphatic carbocycles. The van der Waals surface area contributed by atoms with Crippen LogP contribution < -0.4 is 5.56 Å². The van der Waals surface area contributed by atoms with Gasteiger partial charge in [0.2, 0.25) is 0 Å². The maximum Gasteiger partial charge on any atom is 0.261 e. The van der Waals surface area contributed by atoms with Crippen LogP contribution in [0.3, 0.4) is 0 Å². The summed E-state index contributed by atoms with van der Waals surface area (Å²) < 4.78 is 18.7. The van der Waals surface area contributed by atoms with E-state index < -0.39 is 11.0 Å². The van der Waals surface area contributed by atoms with Crippen molar-refractivity contribution in [3.05, 3.63) is 39.4 Å². The second kappa shape index (κ2) is 7.21. The lowest BCUT2D eigenvalue weighted by atomic mass is 9.66. The molecule has 1 aromatic heterocycles. The number of aryl methyl sites for hydroxylation is 1. The highest BCUT2D eigenvalue weighted by Gasteiger charge is 2.48. The molecule has 0 saturated heterocycles. The molecular formula is C22H29N3O2S. The van der Waals surface area contributed by atoms with E-state index in [-0.39, 0.29) is 17.0 Å². The molecule has 6 heteroatoms. The smallest absolute Gasteiger partial charge is 0.261 e. The fourth-order valence-corrected chi connectivity index (χ4v) is 5.83. The number of hydrogen-bond acceptors (Lipinski definition) is 3. The third kappa shape index (κ3) is 3.06. The fraction of sp³-hybridized carbons (Fsp3) is 0.591. The first kappa shape index (κ1) is 19.5. The highest BCUT2D eigenvalue weighted by Crippen LogP contribution is 2.52. The number of nitrogens with zero attached hydrogens (tertiary/aromatic N) is 3. The zero-order valence-electron chi connectivity index (χ0n) is 17.2. The van der Waals surface area contributed by atoms with E-state index >= 15 is 0 Å². The minimum absolute atomic E-state index is 0.0566. The molecule has 0 bridgehead atoms.